The maximum atomic E-state index is 13.2. The third-order valence-corrected chi connectivity index (χ3v) is 2.71. The summed E-state index contributed by atoms with van der Waals surface area (Å²) in [6.07, 6.45) is 0. The van der Waals surface area contributed by atoms with E-state index < -0.39 is 11.7 Å². The van der Waals surface area contributed by atoms with Crippen LogP contribution >= 0.6 is 23.2 Å². The number of aryl methyl sites for hydroxylation is 1. The van der Waals surface area contributed by atoms with E-state index in [0.29, 0.717) is 11.3 Å². The standard InChI is InChI=1S/C13H9Cl2FN2O/c1-7-2-9(16)6-10(3-7)17-13(19)8-4-11(14)18-12(15)5-8/h2-6H,1H3,(H,17,19). The molecule has 1 aromatic carbocycles. The number of hydrogen-bond acceptors (Lipinski definition) is 2. The molecule has 0 saturated carbocycles. The molecule has 2 rings (SSSR count). The molecule has 6 heteroatoms. The average molecular weight is 299 g/mol. The fraction of sp³-hybridized carbons (Fsp3) is 0.0769. The van der Waals surface area contributed by atoms with Gasteiger partial charge in [0, 0.05) is 11.3 Å². The van der Waals surface area contributed by atoms with Crippen molar-refractivity contribution in [2.75, 3.05) is 5.32 Å². The smallest absolute Gasteiger partial charge is 0.255 e. The third-order valence-electron chi connectivity index (χ3n) is 2.33. The third kappa shape index (κ3) is 3.66. The van der Waals surface area contributed by atoms with Crippen LogP contribution < -0.4 is 5.32 Å². The van der Waals surface area contributed by atoms with Gasteiger partial charge in [-0.3, -0.25) is 4.79 Å². The Morgan fingerprint density at radius 3 is 2.37 bits per heavy atom. The Labute approximate surface area is 119 Å². The SMILES string of the molecule is Cc1cc(F)cc(NC(=O)c2cc(Cl)nc(Cl)c2)c1. The molecule has 0 radical (unpaired) electrons. The predicted molar refractivity (Wildman–Crippen MR) is 73.3 cm³/mol. The second kappa shape index (κ2) is 5.55. The first-order valence-corrected chi connectivity index (χ1v) is 6.11. The van der Waals surface area contributed by atoms with Gasteiger partial charge in [0.1, 0.15) is 16.1 Å². The van der Waals surface area contributed by atoms with Gasteiger partial charge in [-0.2, -0.15) is 0 Å². The molecule has 3 nitrogen and oxygen atoms in total. The molecule has 0 unspecified atom stereocenters. The molecule has 0 aliphatic carbocycles. The predicted octanol–water partition coefficient (Wildman–Crippen LogP) is 4.09. The number of carbonyl (C=O) groups is 1. The largest absolute Gasteiger partial charge is 0.322 e. The topological polar surface area (TPSA) is 42.0 Å². The fourth-order valence-electron chi connectivity index (χ4n) is 1.61. The lowest BCUT2D eigenvalue weighted by molar-refractivity contribution is 0.102. The van der Waals surface area contributed by atoms with Crippen LogP contribution in [0.4, 0.5) is 10.1 Å². The van der Waals surface area contributed by atoms with Crippen molar-refractivity contribution < 1.29 is 9.18 Å². The second-order valence-corrected chi connectivity index (χ2v) is 4.75. The highest BCUT2D eigenvalue weighted by atomic mass is 35.5. The number of halogens is 3. The highest BCUT2D eigenvalue weighted by molar-refractivity contribution is 6.33. The van der Waals surface area contributed by atoms with Crippen LogP contribution in [-0.4, -0.2) is 10.9 Å². The first-order valence-electron chi connectivity index (χ1n) is 5.36. The molecule has 19 heavy (non-hydrogen) atoms. The lowest BCUT2D eigenvalue weighted by Gasteiger charge is -2.07. The number of amides is 1. The maximum absolute atomic E-state index is 13.2. The molecular weight excluding hydrogens is 290 g/mol. The number of benzene rings is 1. The number of nitrogens with one attached hydrogen (secondary N) is 1. The molecule has 0 atom stereocenters. The lowest BCUT2D eigenvalue weighted by atomic mass is 10.2. The van der Waals surface area contributed by atoms with E-state index in [-0.39, 0.29) is 15.9 Å². The van der Waals surface area contributed by atoms with Crippen LogP contribution in [-0.2, 0) is 0 Å². The molecule has 1 amide bonds. The normalized spacial score (nSPS) is 10.3. The van der Waals surface area contributed by atoms with Crippen molar-refractivity contribution in [3.63, 3.8) is 0 Å². The van der Waals surface area contributed by atoms with Gasteiger partial charge in [0.25, 0.3) is 5.91 Å². The van der Waals surface area contributed by atoms with Crippen LogP contribution in [0.1, 0.15) is 15.9 Å². The minimum absolute atomic E-state index is 0.119. The monoisotopic (exact) mass is 298 g/mol. The zero-order chi connectivity index (χ0) is 14.0. The molecule has 1 heterocycles. The number of pyridine rings is 1. The van der Waals surface area contributed by atoms with Gasteiger partial charge in [-0.1, -0.05) is 23.2 Å². The van der Waals surface area contributed by atoms with Gasteiger partial charge < -0.3 is 5.32 Å². The molecule has 1 N–H and O–H groups in total. The van der Waals surface area contributed by atoms with Gasteiger partial charge in [-0.05, 0) is 42.8 Å². The van der Waals surface area contributed by atoms with Gasteiger partial charge in [0.15, 0.2) is 0 Å². The van der Waals surface area contributed by atoms with E-state index in [1.54, 1.807) is 13.0 Å². The van der Waals surface area contributed by atoms with Gasteiger partial charge in [-0.15, -0.1) is 0 Å². The van der Waals surface area contributed by atoms with E-state index in [2.05, 4.69) is 10.3 Å². The molecule has 0 aliphatic rings. The van der Waals surface area contributed by atoms with Crippen LogP contribution in [0.15, 0.2) is 30.3 Å². The Balaban J connectivity index is 2.25. The summed E-state index contributed by atoms with van der Waals surface area (Å²) in [7, 11) is 0. The van der Waals surface area contributed by atoms with Crippen LogP contribution in [0.25, 0.3) is 0 Å². The van der Waals surface area contributed by atoms with E-state index >= 15 is 0 Å². The van der Waals surface area contributed by atoms with Crippen molar-refractivity contribution in [3.8, 4) is 0 Å². The Kier molecular flexibility index (Phi) is 4.02. The summed E-state index contributed by atoms with van der Waals surface area (Å²) in [4.78, 5) is 15.7. The summed E-state index contributed by atoms with van der Waals surface area (Å²) < 4.78 is 13.2. The molecule has 0 fully saturated rings. The average Bonchev–Trinajstić information content (AvgIpc) is 2.25. The number of anilines is 1. The summed E-state index contributed by atoms with van der Waals surface area (Å²) in [5.74, 6) is -0.850. The molecular formula is C13H9Cl2FN2O. The molecule has 0 spiro atoms. The molecule has 0 bridgehead atoms. The summed E-state index contributed by atoms with van der Waals surface area (Å²) >= 11 is 11.4. The number of aromatic nitrogens is 1. The van der Waals surface area contributed by atoms with Gasteiger partial charge in [0.2, 0.25) is 0 Å². The highest BCUT2D eigenvalue weighted by Crippen LogP contribution is 2.18. The second-order valence-electron chi connectivity index (χ2n) is 3.97. The zero-order valence-electron chi connectivity index (χ0n) is 9.88. The zero-order valence-corrected chi connectivity index (χ0v) is 11.4. The van der Waals surface area contributed by atoms with Crippen LogP contribution in [0.5, 0.6) is 0 Å². The van der Waals surface area contributed by atoms with Gasteiger partial charge in [0.05, 0.1) is 0 Å². The summed E-state index contributed by atoms with van der Waals surface area (Å²) in [6.45, 7) is 1.74. The van der Waals surface area contributed by atoms with E-state index in [1.807, 2.05) is 0 Å². The lowest BCUT2D eigenvalue weighted by Crippen LogP contribution is -2.12. The first kappa shape index (κ1) is 13.8. The highest BCUT2D eigenvalue weighted by Gasteiger charge is 2.10. The van der Waals surface area contributed by atoms with Crippen molar-refractivity contribution >= 4 is 34.8 Å². The van der Waals surface area contributed by atoms with Crippen LogP contribution in [0, 0.1) is 12.7 Å². The Hall–Kier alpha value is -1.65. The number of carbonyl (C=O) groups excluding carboxylic acids is 1. The van der Waals surface area contributed by atoms with E-state index in [9.17, 15) is 9.18 Å². The Morgan fingerprint density at radius 1 is 1.16 bits per heavy atom. The van der Waals surface area contributed by atoms with Crippen molar-refractivity contribution in [3.05, 3.63) is 57.6 Å². The molecule has 0 aliphatic heterocycles. The summed E-state index contributed by atoms with van der Waals surface area (Å²) in [5.41, 5.74) is 1.33. The summed E-state index contributed by atoms with van der Waals surface area (Å²) in [6, 6.07) is 7.03. The molecule has 1 aromatic heterocycles. The van der Waals surface area contributed by atoms with Gasteiger partial charge in [-0.25, -0.2) is 9.37 Å². The van der Waals surface area contributed by atoms with Gasteiger partial charge >= 0.3 is 0 Å². The van der Waals surface area contributed by atoms with Crippen molar-refractivity contribution in [1.82, 2.24) is 4.98 Å². The summed E-state index contributed by atoms with van der Waals surface area (Å²) in [5, 5.41) is 2.81. The Bertz CT molecular complexity index is 606. The number of nitrogens with zero attached hydrogens (tertiary/aromatic N) is 1. The van der Waals surface area contributed by atoms with Crippen LogP contribution in [0.2, 0.25) is 10.3 Å². The first-order chi connectivity index (χ1) is 8.94. The molecule has 0 saturated heterocycles. The van der Waals surface area contributed by atoms with E-state index in [4.69, 9.17) is 23.2 Å². The van der Waals surface area contributed by atoms with Crippen molar-refractivity contribution in [1.29, 1.82) is 0 Å². The van der Waals surface area contributed by atoms with Crippen LogP contribution in [0.3, 0.4) is 0 Å². The van der Waals surface area contributed by atoms with E-state index in [0.717, 1.165) is 0 Å². The maximum Gasteiger partial charge on any atom is 0.255 e. The number of hydrogen-bond donors (Lipinski definition) is 1. The fourth-order valence-corrected chi connectivity index (χ4v) is 2.07. The minimum atomic E-state index is -0.434. The van der Waals surface area contributed by atoms with Crippen molar-refractivity contribution in [2.24, 2.45) is 0 Å². The minimum Gasteiger partial charge on any atom is -0.322 e. The Morgan fingerprint density at radius 2 is 1.79 bits per heavy atom. The quantitative estimate of drug-likeness (QED) is 0.849. The molecule has 2 aromatic rings. The molecule has 98 valence electrons. The number of rotatable bonds is 2. The van der Waals surface area contributed by atoms with E-state index in [1.165, 1.54) is 24.3 Å². The van der Waals surface area contributed by atoms with Crippen molar-refractivity contribution in [2.45, 2.75) is 6.92 Å².